The monoisotopic (exact) mass is 844 g/mol. The summed E-state index contributed by atoms with van der Waals surface area (Å²) in [7, 11) is 0. The molecule has 2 aromatic heterocycles. The first kappa shape index (κ1) is 41.8. The number of rotatable bonds is 7. The van der Waals surface area contributed by atoms with Gasteiger partial charge in [0.15, 0.2) is 0 Å². The molecule has 13 heteroatoms. The van der Waals surface area contributed by atoms with Gasteiger partial charge in [-0.3, -0.25) is 9.59 Å². The molecule has 0 fully saturated rings. The summed E-state index contributed by atoms with van der Waals surface area (Å²) in [6, 6.07) is 26.9. The van der Waals surface area contributed by atoms with Crippen LogP contribution in [-0.2, 0) is 44.7 Å². The number of hydrogen-bond acceptors (Lipinski definition) is 9. The molecular weight excluding hydrogens is 804 g/mol. The molecule has 0 aliphatic heterocycles. The smallest absolute Gasteiger partial charge is 0.346 e. The number of fused-ring (bicyclic) bond motifs is 4. The van der Waals surface area contributed by atoms with Gasteiger partial charge in [-0.05, 0) is 108 Å². The lowest BCUT2D eigenvalue weighted by molar-refractivity contribution is -0.150. The van der Waals surface area contributed by atoms with Gasteiger partial charge in [0.2, 0.25) is 0 Å². The minimum Gasteiger partial charge on any atom is -0.477 e. The first-order valence-electron chi connectivity index (χ1n) is 18.4. The van der Waals surface area contributed by atoms with Crippen molar-refractivity contribution in [3.8, 4) is 0 Å². The number of thiophene rings is 2. The van der Waals surface area contributed by atoms with Crippen LogP contribution in [0.5, 0.6) is 0 Å². The summed E-state index contributed by atoms with van der Waals surface area (Å²) < 4.78 is 12.3. The van der Waals surface area contributed by atoms with Crippen LogP contribution in [-0.4, -0.2) is 53.2 Å². The number of amides is 1. The predicted octanol–water partition coefficient (Wildman–Crippen LogP) is 9.30. The molecule has 0 atom stereocenters. The third-order valence-corrected chi connectivity index (χ3v) is 13.1. The number of hydrogen-bond donors (Lipinski definition) is 3. The van der Waals surface area contributed by atoms with Gasteiger partial charge in [-0.1, -0.05) is 71.7 Å². The molecule has 0 bridgehead atoms. The fourth-order valence-corrected chi connectivity index (χ4v) is 9.77. The van der Waals surface area contributed by atoms with Gasteiger partial charge >= 0.3 is 17.9 Å². The molecule has 4 N–H and O–H groups in total. The molecule has 9 nitrogen and oxygen atoms in total. The highest BCUT2D eigenvalue weighted by Crippen LogP contribution is 2.36. The number of carboxylic acid groups (broad SMARTS) is 1. The van der Waals surface area contributed by atoms with Crippen molar-refractivity contribution in [1.29, 1.82) is 0 Å². The van der Waals surface area contributed by atoms with E-state index in [0.717, 1.165) is 53.6 Å². The van der Waals surface area contributed by atoms with Gasteiger partial charge < -0.3 is 25.6 Å². The zero-order valence-corrected chi connectivity index (χ0v) is 35.0. The number of carboxylic acids is 1. The molecule has 0 radical (unpaired) electrons. The topological polar surface area (TPSA) is 145 Å². The van der Waals surface area contributed by atoms with Crippen LogP contribution in [0.15, 0.2) is 84.9 Å². The number of carbonyl (C=O) groups excluding carboxylic acids is 3. The van der Waals surface area contributed by atoms with Crippen molar-refractivity contribution >= 4 is 89.9 Å². The quantitative estimate of drug-likeness (QED) is 0.135. The molecule has 296 valence electrons. The molecular formula is C44H42Cl2N2O7S2. The normalized spacial score (nSPS) is 14.4. The molecule has 1 amide bonds. The molecule has 8 rings (SSSR count). The van der Waals surface area contributed by atoms with Crippen LogP contribution in [0.25, 0.3) is 20.2 Å². The molecule has 0 unspecified atom stereocenters. The molecule has 2 heterocycles. The lowest BCUT2D eigenvalue weighted by Gasteiger charge is -2.27. The van der Waals surface area contributed by atoms with Crippen molar-refractivity contribution < 1.29 is 33.8 Å². The number of nitrogens with two attached hydrogens (primary N) is 1. The van der Waals surface area contributed by atoms with E-state index in [4.69, 9.17) is 43.5 Å². The Morgan fingerprint density at radius 1 is 0.684 bits per heavy atom. The van der Waals surface area contributed by atoms with Crippen molar-refractivity contribution in [3.05, 3.63) is 138 Å². The average molecular weight is 846 g/mol. The van der Waals surface area contributed by atoms with Crippen molar-refractivity contribution in [2.45, 2.75) is 64.5 Å². The Morgan fingerprint density at radius 2 is 1.11 bits per heavy atom. The molecule has 0 spiro atoms. The third-order valence-electron chi connectivity index (χ3n) is 10.1. The van der Waals surface area contributed by atoms with Crippen LogP contribution in [0.4, 0.5) is 0 Å². The number of carbonyl (C=O) groups is 4. The lowest BCUT2D eigenvalue weighted by atomic mass is 9.95. The first-order chi connectivity index (χ1) is 27.2. The summed E-state index contributed by atoms with van der Waals surface area (Å²) in [5.41, 5.74) is 10.3. The summed E-state index contributed by atoms with van der Waals surface area (Å²) in [4.78, 5) is 49.6. The third kappa shape index (κ3) is 8.88. The Labute approximate surface area is 348 Å². The van der Waals surface area contributed by atoms with Gasteiger partial charge in [0, 0.05) is 45.1 Å². The number of ether oxygens (including phenoxy) is 2. The fourth-order valence-electron chi connectivity index (χ4n) is 7.31. The number of esters is 2. The Kier molecular flexibility index (Phi) is 12.8. The van der Waals surface area contributed by atoms with E-state index in [1.165, 1.54) is 22.7 Å². The van der Waals surface area contributed by atoms with Crippen LogP contribution < -0.4 is 11.1 Å². The highest BCUT2D eigenvalue weighted by Gasteiger charge is 2.47. The van der Waals surface area contributed by atoms with Crippen molar-refractivity contribution in [2.24, 2.45) is 5.73 Å². The first-order valence-corrected chi connectivity index (χ1v) is 20.8. The predicted molar refractivity (Wildman–Crippen MR) is 228 cm³/mol. The second kappa shape index (κ2) is 17.4. The summed E-state index contributed by atoms with van der Waals surface area (Å²) in [5, 5.41) is 15.1. The zero-order valence-electron chi connectivity index (χ0n) is 31.9. The number of benzene rings is 4. The maximum absolute atomic E-state index is 13.2. The molecule has 2 aliphatic rings. The Morgan fingerprint density at radius 3 is 1.56 bits per heavy atom. The summed E-state index contributed by atoms with van der Waals surface area (Å²) >= 11 is 14.6. The van der Waals surface area contributed by atoms with Crippen LogP contribution in [0.3, 0.4) is 0 Å². The van der Waals surface area contributed by atoms with Crippen molar-refractivity contribution in [3.63, 3.8) is 0 Å². The van der Waals surface area contributed by atoms with Crippen molar-refractivity contribution in [1.82, 2.24) is 5.32 Å². The van der Waals surface area contributed by atoms with E-state index in [1.807, 2.05) is 79.7 Å². The summed E-state index contributed by atoms with van der Waals surface area (Å²) in [6.07, 6.45) is 2.04. The molecule has 0 saturated heterocycles. The standard InChI is InChI=1S/C22H20ClNO3S.C12H15NO2.C10H7ClO2S/c1-3-27-21(26)22(11-14-6-4-5-7-15(14)12-22)24-20(25)19-13(2)17-10-16(23)8-9-18(17)28-19;1-2-15-11(14)12(13)7-9-5-3-4-6-10(9)8-12;1-5-7-4-6(11)2-3-8(7)14-9(5)10(12)13/h4-10H,3,11-12H2,1-2H3,(H,24,25);3-6H,2,7-8,13H2,1H3;2-4H,1H3,(H,12,13). The molecule has 2 aliphatic carbocycles. The van der Waals surface area contributed by atoms with Gasteiger partial charge in [-0.25, -0.2) is 9.59 Å². The van der Waals surface area contributed by atoms with E-state index < -0.39 is 17.0 Å². The maximum atomic E-state index is 13.2. The highest BCUT2D eigenvalue weighted by atomic mass is 35.5. The van der Waals surface area contributed by atoms with E-state index in [2.05, 4.69) is 5.32 Å². The van der Waals surface area contributed by atoms with Crippen molar-refractivity contribution in [2.75, 3.05) is 13.2 Å². The molecule has 57 heavy (non-hydrogen) atoms. The fraction of sp³-hybridized carbons (Fsp3) is 0.273. The Bertz CT molecular complexity index is 2460. The van der Waals surface area contributed by atoms with Gasteiger partial charge in [0.05, 0.1) is 18.1 Å². The Balaban J connectivity index is 0.000000159. The van der Waals surface area contributed by atoms with Crippen LogP contribution in [0.1, 0.15) is 66.6 Å². The highest BCUT2D eigenvalue weighted by molar-refractivity contribution is 7.21. The number of aryl methyl sites for hydroxylation is 2. The van der Waals surface area contributed by atoms with Crippen LogP contribution in [0.2, 0.25) is 10.0 Å². The average Bonchev–Trinajstić information content (AvgIpc) is 3.93. The largest absolute Gasteiger partial charge is 0.477 e. The van der Waals surface area contributed by atoms with E-state index in [-0.39, 0.29) is 24.5 Å². The van der Waals surface area contributed by atoms with Gasteiger partial charge in [-0.2, -0.15) is 0 Å². The van der Waals surface area contributed by atoms with E-state index in [0.29, 0.717) is 52.1 Å². The SMILES string of the molecule is CCOC(=O)C1(N)Cc2ccccc2C1.CCOC(=O)C1(NC(=O)c2sc3ccc(Cl)cc3c2C)Cc2ccccc2C1.Cc1c(C(=O)O)sc2ccc(Cl)cc12. The molecule has 0 saturated carbocycles. The van der Waals surface area contributed by atoms with Gasteiger partial charge in [0.1, 0.15) is 16.0 Å². The Hall–Kier alpha value is -4.78. The molecule has 6 aromatic rings. The van der Waals surface area contributed by atoms with Crippen LogP contribution in [0, 0.1) is 13.8 Å². The summed E-state index contributed by atoms with van der Waals surface area (Å²) in [6.45, 7) is 7.93. The maximum Gasteiger partial charge on any atom is 0.346 e. The number of halogens is 2. The van der Waals surface area contributed by atoms with E-state index >= 15 is 0 Å². The van der Waals surface area contributed by atoms with Gasteiger partial charge in [-0.15, -0.1) is 22.7 Å². The molecule has 4 aromatic carbocycles. The zero-order chi connectivity index (χ0) is 41.1. The van der Waals surface area contributed by atoms with E-state index in [1.54, 1.807) is 32.9 Å². The lowest BCUT2D eigenvalue weighted by Crippen LogP contribution is -2.56. The number of nitrogens with one attached hydrogen (secondary N) is 1. The second-order valence-electron chi connectivity index (χ2n) is 14.1. The number of aromatic carboxylic acids is 1. The summed E-state index contributed by atoms with van der Waals surface area (Å²) in [5.74, 6) is -1.81. The van der Waals surface area contributed by atoms with Gasteiger partial charge in [0.25, 0.3) is 5.91 Å². The van der Waals surface area contributed by atoms with Crippen LogP contribution >= 0.6 is 45.9 Å². The minimum absolute atomic E-state index is 0.254. The second-order valence-corrected chi connectivity index (χ2v) is 17.1. The van der Waals surface area contributed by atoms with E-state index in [9.17, 15) is 19.2 Å². The minimum atomic E-state index is -1.07.